The number of likely N-dealkylation sites (tertiary alicyclic amines) is 3. The highest BCUT2D eigenvalue weighted by atomic mass is 16.5. The van der Waals surface area contributed by atoms with Crippen LogP contribution in [0.4, 0.5) is 0 Å². The Bertz CT molecular complexity index is 4060. The predicted octanol–water partition coefficient (Wildman–Crippen LogP) is 5.68. The number of nitrogens with two attached hydrogens (primary N) is 3. The van der Waals surface area contributed by atoms with Crippen LogP contribution in [0.3, 0.4) is 0 Å². The number of Topliss-reactive ketones (excluding diaryl/α,β-unsaturated/α-hetero) is 3. The highest BCUT2D eigenvalue weighted by molar-refractivity contribution is 6.48. The third kappa shape index (κ3) is 24.4. The number of nitrogens with zero attached hydrogens (tertiary/aromatic N) is 6. The van der Waals surface area contributed by atoms with E-state index >= 15 is 0 Å². The number of amides is 6. The molecular formula is C85H101N9O23. The molecule has 6 aliphatic heterocycles. The van der Waals surface area contributed by atoms with Crippen LogP contribution in [0.2, 0.25) is 0 Å². The topological polar surface area (TPSA) is 421 Å². The summed E-state index contributed by atoms with van der Waals surface area (Å²) in [5, 5.41) is 33.6. The van der Waals surface area contributed by atoms with Gasteiger partial charge >= 0.3 is 5.97 Å². The first kappa shape index (κ1) is 88.7. The number of aliphatic hydroxyl groups is 3. The molecule has 6 heterocycles. The molecule has 0 aliphatic carbocycles. The predicted molar refractivity (Wildman–Crippen MR) is 427 cm³/mol. The van der Waals surface area contributed by atoms with Gasteiger partial charge < -0.3 is 94.6 Å². The van der Waals surface area contributed by atoms with Gasteiger partial charge in [0.15, 0.2) is 19.8 Å². The first-order valence-electron chi connectivity index (χ1n) is 38.3. The number of rotatable bonds is 31. The lowest BCUT2D eigenvalue weighted by Gasteiger charge is -2.29. The number of aliphatic hydroxyl groups excluding tert-OH is 3. The molecule has 6 aromatic rings. The van der Waals surface area contributed by atoms with E-state index in [9.17, 15) is 63.3 Å². The van der Waals surface area contributed by atoms with Crippen molar-refractivity contribution in [2.45, 2.75) is 51.2 Å². The molecule has 6 aromatic carbocycles. The van der Waals surface area contributed by atoms with E-state index in [-0.39, 0.29) is 59.8 Å². The van der Waals surface area contributed by atoms with Crippen LogP contribution in [-0.4, -0.2) is 269 Å². The summed E-state index contributed by atoms with van der Waals surface area (Å²) in [6, 6.07) is 37.6. The summed E-state index contributed by atoms with van der Waals surface area (Å²) in [4.78, 5) is 133. The average molecular weight is 1620 g/mol. The summed E-state index contributed by atoms with van der Waals surface area (Å²) in [6.45, 7) is 15.2. The van der Waals surface area contributed by atoms with E-state index in [0.29, 0.717) is 153 Å². The number of morpholine rings is 3. The quantitative estimate of drug-likeness (QED) is 0.0132. The Hall–Kier alpha value is -12.2. The number of hydrogen-bond donors (Lipinski definition) is 6. The van der Waals surface area contributed by atoms with Crippen molar-refractivity contribution in [1.29, 1.82) is 0 Å². The molecular weight excluding hydrogens is 1510 g/mol. The largest absolute Gasteiger partial charge is 0.507 e. The van der Waals surface area contributed by atoms with Crippen molar-refractivity contribution in [3.63, 3.8) is 0 Å². The standard InChI is InChI=1S/3C27H31N3O7.C4H8O2/c3*1-35-20-7-5-19(6-8-20)25(32)23-24(18-3-9-21(10-4-18)37-17-22(28)31)30(27(34)26(23)33)12-2-11-29-13-15-36-16-14-29;1-3-6-4(2)5/h3*3-10,24,32H,2,11-17H2,1H3,(H2,28,31);3H2,1-2H3/b3*25-23+;. The second kappa shape index (κ2) is 44.1. The van der Waals surface area contributed by atoms with Gasteiger partial charge in [0.25, 0.3) is 52.8 Å². The van der Waals surface area contributed by atoms with Gasteiger partial charge in [-0.1, -0.05) is 36.4 Å². The summed E-state index contributed by atoms with van der Waals surface area (Å²) in [5.41, 5.74) is 18.6. The monoisotopic (exact) mass is 1620 g/mol. The fraction of sp³-hybridized carbons (Fsp3) is 0.388. The normalized spacial score (nSPS) is 19.1. The molecule has 117 heavy (non-hydrogen) atoms. The number of benzene rings is 6. The SMILES string of the molecule is CCOC(C)=O.COc1ccc(/C(O)=C2\C(=O)C(=O)N(CCCN3CCOCC3)C2c2ccc(OCC(N)=O)cc2)cc1.COc1ccc(/C(O)=C2\C(=O)C(=O)N(CCCN3CCOCC3)C2c2ccc(OCC(N)=O)cc2)cc1.COc1ccc(/C(O)=C2\C(=O)C(=O)N(CCCN3CCOCC3)C2c2ccc(OCC(N)=O)cc2)cc1. The number of esters is 1. The molecule has 6 fully saturated rings. The Morgan fingerprint density at radius 1 is 0.368 bits per heavy atom. The Labute approximate surface area is 677 Å². The number of methoxy groups -OCH3 is 3. The lowest BCUT2D eigenvalue weighted by molar-refractivity contribution is -0.140. The minimum absolute atomic E-state index is 0.0207. The zero-order valence-electron chi connectivity index (χ0n) is 66.2. The number of primary amides is 3. The van der Waals surface area contributed by atoms with Gasteiger partial charge in [0, 0.05) is 102 Å². The molecule has 9 N–H and O–H groups in total. The molecule has 3 unspecified atom stereocenters. The molecule has 6 saturated heterocycles. The van der Waals surface area contributed by atoms with Gasteiger partial charge in [-0.25, -0.2) is 0 Å². The molecule has 0 spiro atoms. The molecule has 0 saturated carbocycles. The van der Waals surface area contributed by atoms with Gasteiger partial charge in [-0.05, 0) is 152 Å². The first-order valence-corrected chi connectivity index (χ1v) is 38.3. The van der Waals surface area contributed by atoms with Crippen molar-refractivity contribution >= 4 is 76.0 Å². The van der Waals surface area contributed by atoms with Crippen LogP contribution in [-0.2, 0) is 66.9 Å². The highest BCUT2D eigenvalue weighted by Gasteiger charge is 2.49. The molecule has 0 aromatic heterocycles. The van der Waals surface area contributed by atoms with Crippen LogP contribution in [0.5, 0.6) is 34.5 Å². The minimum atomic E-state index is -0.781. The average Bonchev–Trinajstić information content (AvgIpc) is 1.63. The fourth-order valence-corrected chi connectivity index (χ4v) is 13.9. The second-order valence-corrected chi connectivity index (χ2v) is 27.5. The molecule has 32 nitrogen and oxygen atoms in total. The van der Waals surface area contributed by atoms with Crippen molar-refractivity contribution in [1.82, 2.24) is 29.4 Å². The van der Waals surface area contributed by atoms with Crippen LogP contribution >= 0.6 is 0 Å². The Balaban J connectivity index is 0.000000193. The summed E-state index contributed by atoms with van der Waals surface area (Å²) in [7, 11) is 4.61. The van der Waals surface area contributed by atoms with E-state index in [1.165, 1.54) is 43.0 Å². The molecule has 0 bridgehead atoms. The van der Waals surface area contributed by atoms with Gasteiger partial charge in [0.1, 0.15) is 51.8 Å². The van der Waals surface area contributed by atoms with Gasteiger partial charge in [0.2, 0.25) is 0 Å². The van der Waals surface area contributed by atoms with Crippen LogP contribution in [0.25, 0.3) is 17.3 Å². The summed E-state index contributed by atoms with van der Waals surface area (Å²) in [6.07, 6.45) is 1.98. The molecule has 3 atom stereocenters. The summed E-state index contributed by atoms with van der Waals surface area (Å²) < 4.78 is 52.1. The van der Waals surface area contributed by atoms with E-state index in [2.05, 4.69) is 19.4 Å². The maximum absolute atomic E-state index is 13.2. The number of ether oxygens (including phenoxy) is 10. The molecule has 6 aliphatic rings. The molecule has 32 heteroatoms. The van der Waals surface area contributed by atoms with Gasteiger partial charge in [-0.2, -0.15) is 0 Å². The second-order valence-electron chi connectivity index (χ2n) is 27.5. The highest BCUT2D eigenvalue weighted by Crippen LogP contribution is 2.44. The maximum Gasteiger partial charge on any atom is 0.302 e. The molecule has 0 radical (unpaired) electrons. The smallest absolute Gasteiger partial charge is 0.302 e. The third-order valence-electron chi connectivity index (χ3n) is 19.7. The van der Waals surface area contributed by atoms with Gasteiger partial charge in [-0.3, -0.25) is 62.6 Å². The van der Waals surface area contributed by atoms with Crippen LogP contribution in [0, 0.1) is 0 Å². The Morgan fingerprint density at radius 3 is 0.795 bits per heavy atom. The van der Waals surface area contributed by atoms with Crippen molar-refractivity contribution in [3.05, 3.63) is 196 Å². The van der Waals surface area contributed by atoms with Gasteiger partial charge in [0.05, 0.1) is 102 Å². The summed E-state index contributed by atoms with van der Waals surface area (Å²) in [5.74, 6) is -3.90. The maximum atomic E-state index is 13.2. The number of ketones is 3. The van der Waals surface area contributed by atoms with Gasteiger partial charge in [-0.15, -0.1) is 0 Å². The molecule has 624 valence electrons. The fourth-order valence-electron chi connectivity index (χ4n) is 13.9. The lowest BCUT2D eigenvalue weighted by atomic mass is 9.95. The zero-order valence-corrected chi connectivity index (χ0v) is 66.2. The zero-order chi connectivity index (χ0) is 84.1. The van der Waals surface area contributed by atoms with E-state index in [1.54, 1.807) is 153 Å². The van der Waals surface area contributed by atoms with E-state index < -0.39 is 70.9 Å². The third-order valence-corrected chi connectivity index (χ3v) is 19.7. The van der Waals surface area contributed by atoms with Crippen molar-refractivity contribution in [3.8, 4) is 34.5 Å². The Kier molecular flexibility index (Phi) is 33.4. The Morgan fingerprint density at radius 2 is 0.598 bits per heavy atom. The van der Waals surface area contributed by atoms with E-state index in [4.69, 9.17) is 59.8 Å². The van der Waals surface area contributed by atoms with E-state index in [1.807, 2.05) is 0 Å². The van der Waals surface area contributed by atoms with Crippen LogP contribution in [0.1, 0.15) is 84.6 Å². The molecule has 12 rings (SSSR count). The van der Waals surface area contributed by atoms with Crippen LogP contribution < -0.4 is 45.6 Å². The van der Waals surface area contributed by atoms with Crippen molar-refractivity contribution < 1.29 is 111 Å². The summed E-state index contributed by atoms with van der Waals surface area (Å²) >= 11 is 0. The van der Waals surface area contributed by atoms with Crippen molar-refractivity contribution in [2.75, 3.05) is 166 Å². The number of carbonyl (C=O) groups excluding carboxylic acids is 10. The minimum Gasteiger partial charge on any atom is -0.507 e. The number of carbonyl (C=O) groups is 10. The first-order chi connectivity index (χ1) is 56.4. The molecule has 6 amide bonds. The lowest BCUT2D eigenvalue weighted by Crippen LogP contribution is -2.38. The number of hydrogen-bond acceptors (Lipinski definition) is 26. The van der Waals surface area contributed by atoms with Crippen LogP contribution in [0.15, 0.2) is 162 Å². The van der Waals surface area contributed by atoms with E-state index in [0.717, 1.165) is 58.9 Å². The van der Waals surface area contributed by atoms with Crippen molar-refractivity contribution in [2.24, 2.45) is 17.2 Å².